The summed E-state index contributed by atoms with van der Waals surface area (Å²) in [5, 5.41) is 0. The van der Waals surface area contributed by atoms with Gasteiger partial charge < -0.3 is 14.0 Å². The van der Waals surface area contributed by atoms with E-state index in [1.165, 1.54) is 0 Å². The molecule has 0 bridgehead atoms. The second-order valence-electron chi connectivity index (χ2n) is 10.9. The van der Waals surface area contributed by atoms with Gasteiger partial charge in [-0.25, -0.2) is 9.34 Å². The molecule has 0 saturated carbocycles. The van der Waals surface area contributed by atoms with Gasteiger partial charge in [0.15, 0.2) is 0 Å². The molecule has 0 radical (unpaired) electrons. The Hall–Kier alpha value is -0.880. The maximum absolute atomic E-state index is 13.8. The highest BCUT2D eigenvalue weighted by atomic mass is 31.2. The molecule has 0 amide bonds. The van der Waals surface area contributed by atoms with Crippen LogP contribution >= 0.6 is 7.67 Å². The van der Waals surface area contributed by atoms with Gasteiger partial charge in [0, 0.05) is 32.6 Å². The van der Waals surface area contributed by atoms with Crippen molar-refractivity contribution >= 4 is 7.67 Å². The van der Waals surface area contributed by atoms with E-state index in [4.69, 9.17) is 14.0 Å². The van der Waals surface area contributed by atoms with E-state index in [2.05, 4.69) is 0 Å². The van der Waals surface area contributed by atoms with E-state index in [1.54, 1.807) is 9.34 Å². The summed E-state index contributed by atoms with van der Waals surface area (Å²) in [6.45, 7) is 3.88. The van der Waals surface area contributed by atoms with Gasteiger partial charge in [0.25, 0.3) is 0 Å². The van der Waals surface area contributed by atoms with Crippen molar-refractivity contribution in [3.8, 4) is 0 Å². The minimum absolute atomic E-state index is 0.158. The van der Waals surface area contributed by atoms with Crippen molar-refractivity contribution in [2.24, 2.45) is 0 Å². The molecule has 0 aromatic rings. The minimum Gasteiger partial charge on any atom is -0.379 e. The van der Waals surface area contributed by atoms with Gasteiger partial charge >= 0.3 is 43.5 Å². The van der Waals surface area contributed by atoms with E-state index in [9.17, 15) is 61.6 Å². The average Bonchev–Trinajstić information content (AvgIpc) is 2.97. The predicted molar refractivity (Wildman–Crippen MR) is 135 cm³/mol. The van der Waals surface area contributed by atoms with E-state index in [-0.39, 0.29) is 19.4 Å². The van der Waals surface area contributed by atoms with Crippen LogP contribution in [0, 0.1) is 0 Å². The van der Waals surface area contributed by atoms with Gasteiger partial charge in [0.2, 0.25) is 0 Å². The summed E-state index contributed by atoms with van der Waals surface area (Å²) in [5.41, 5.74) is 0. The Labute approximate surface area is 252 Å². The number of hydrogen-bond acceptors (Lipinski definition) is 4. The van der Waals surface area contributed by atoms with Crippen LogP contribution in [0.1, 0.15) is 64.2 Å². The lowest BCUT2D eigenvalue weighted by Gasteiger charge is -2.41. The number of rotatable bonds is 19. The number of unbranched alkanes of at least 4 members (excludes halogenated alkanes) is 8. The molecule has 2 aliphatic heterocycles. The monoisotopic (exact) mass is 708 g/mol. The van der Waals surface area contributed by atoms with E-state index in [0.717, 1.165) is 6.42 Å². The molecule has 20 heteroatoms. The Morgan fingerprint density at radius 2 is 0.867 bits per heavy atom. The van der Waals surface area contributed by atoms with E-state index in [0.29, 0.717) is 84.7 Å². The first-order valence-corrected chi connectivity index (χ1v) is 16.1. The first kappa shape index (κ1) is 40.3. The first-order valence-electron chi connectivity index (χ1n) is 14.5. The lowest BCUT2D eigenvalue weighted by molar-refractivity contribution is -0.440. The standard InChI is InChI=1S/C25H38F13N2O4P/c26-20(27,21(28,29)22(30,31)23(32,33)24(34,35)25(36,37)38)10-8-6-4-2-1-3-5-7-9-15-44-45(41,39-11-16-42-17-12-39)40-13-18-43-19-14-40/h1-19H2. The molecular formula is C25H38F13N2O4P. The Balaban J connectivity index is 1.68. The Morgan fingerprint density at radius 1 is 0.511 bits per heavy atom. The van der Waals surface area contributed by atoms with Crippen LogP contribution in [-0.4, -0.2) is 104 Å². The quantitative estimate of drug-likeness (QED) is 0.0764. The van der Waals surface area contributed by atoms with Gasteiger partial charge in [-0.05, 0) is 12.8 Å². The number of morpholine rings is 2. The maximum Gasteiger partial charge on any atom is 0.460 e. The second-order valence-corrected chi connectivity index (χ2v) is 13.3. The molecule has 2 fully saturated rings. The van der Waals surface area contributed by atoms with E-state index < -0.39 is 56.3 Å². The zero-order valence-electron chi connectivity index (χ0n) is 24.3. The van der Waals surface area contributed by atoms with Gasteiger partial charge in [0.1, 0.15) is 0 Å². The van der Waals surface area contributed by atoms with Crippen LogP contribution in [0.2, 0.25) is 0 Å². The number of ether oxygens (including phenoxy) is 2. The van der Waals surface area contributed by atoms with E-state index >= 15 is 0 Å². The highest BCUT2D eigenvalue weighted by Gasteiger charge is 2.90. The van der Waals surface area contributed by atoms with Crippen molar-refractivity contribution < 1.29 is 75.6 Å². The lowest BCUT2D eigenvalue weighted by atomic mass is 9.91. The number of halogens is 13. The average molecular weight is 709 g/mol. The highest BCUT2D eigenvalue weighted by molar-refractivity contribution is 7.54. The summed E-state index contributed by atoms with van der Waals surface area (Å²) in [6.07, 6.45) is -6.84. The molecule has 0 spiro atoms. The van der Waals surface area contributed by atoms with Crippen molar-refractivity contribution in [2.45, 2.75) is 100.0 Å². The maximum atomic E-state index is 13.8. The number of hydrogen-bond donors (Lipinski definition) is 0. The summed E-state index contributed by atoms with van der Waals surface area (Å²) in [5.74, 6) is -36.5. The molecule has 2 rings (SSSR count). The SMILES string of the molecule is O=P(OCCCCCCCCCCCC(F)(F)C(F)(F)C(F)(F)C(F)(F)C(F)(F)C(F)(F)F)(N1CCOCC1)N1CCOCC1. The topological polar surface area (TPSA) is 51.2 Å². The summed E-state index contributed by atoms with van der Waals surface area (Å²) >= 11 is 0. The van der Waals surface area contributed by atoms with Gasteiger partial charge in [0.05, 0.1) is 33.0 Å². The van der Waals surface area contributed by atoms with E-state index in [1.807, 2.05) is 0 Å². The highest BCUT2D eigenvalue weighted by Crippen LogP contribution is 2.61. The minimum atomic E-state index is -7.86. The summed E-state index contributed by atoms with van der Waals surface area (Å²) in [6, 6.07) is 0. The van der Waals surface area contributed by atoms with Gasteiger partial charge in [-0.2, -0.15) is 57.1 Å². The van der Waals surface area contributed by atoms with Crippen LogP contribution in [0.3, 0.4) is 0 Å². The Morgan fingerprint density at radius 3 is 1.27 bits per heavy atom. The van der Waals surface area contributed by atoms with Crippen molar-refractivity contribution in [3.63, 3.8) is 0 Å². The zero-order valence-corrected chi connectivity index (χ0v) is 25.2. The molecule has 0 unspecified atom stereocenters. The van der Waals surface area contributed by atoms with Gasteiger partial charge in [-0.3, -0.25) is 4.57 Å². The molecular weight excluding hydrogens is 670 g/mol. The van der Waals surface area contributed by atoms with Crippen LogP contribution in [0.15, 0.2) is 0 Å². The number of alkyl halides is 13. The molecule has 6 nitrogen and oxygen atoms in total. The van der Waals surface area contributed by atoms with Crippen LogP contribution in [-0.2, 0) is 18.6 Å². The third-order valence-electron chi connectivity index (χ3n) is 7.58. The number of nitrogens with zero attached hydrogens (tertiary/aromatic N) is 2. The molecule has 0 aromatic heterocycles. The van der Waals surface area contributed by atoms with Crippen LogP contribution in [0.4, 0.5) is 57.1 Å². The molecule has 0 aromatic carbocycles. The van der Waals surface area contributed by atoms with Crippen molar-refractivity contribution in [1.82, 2.24) is 9.34 Å². The fourth-order valence-electron chi connectivity index (χ4n) is 4.78. The zero-order chi connectivity index (χ0) is 34.2. The third-order valence-corrected chi connectivity index (χ3v) is 10.3. The van der Waals surface area contributed by atoms with Crippen LogP contribution < -0.4 is 0 Å². The smallest absolute Gasteiger partial charge is 0.379 e. The summed E-state index contributed by atoms with van der Waals surface area (Å²) < 4.78 is 205. The Kier molecular flexibility index (Phi) is 14.3. The molecule has 0 N–H and O–H groups in total. The molecule has 45 heavy (non-hydrogen) atoms. The fraction of sp³-hybridized carbons (Fsp3) is 1.00. The van der Waals surface area contributed by atoms with Gasteiger partial charge in [-0.1, -0.05) is 44.9 Å². The second kappa shape index (κ2) is 16.0. The molecule has 268 valence electrons. The van der Waals surface area contributed by atoms with Crippen molar-refractivity contribution in [3.05, 3.63) is 0 Å². The fourth-order valence-corrected chi connectivity index (χ4v) is 7.17. The largest absolute Gasteiger partial charge is 0.460 e. The van der Waals surface area contributed by atoms with Crippen molar-refractivity contribution in [2.75, 3.05) is 59.2 Å². The van der Waals surface area contributed by atoms with Crippen LogP contribution in [0.25, 0.3) is 0 Å². The van der Waals surface area contributed by atoms with Crippen molar-refractivity contribution in [1.29, 1.82) is 0 Å². The molecule has 2 aliphatic rings. The van der Waals surface area contributed by atoms with Crippen LogP contribution in [0.5, 0.6) is 0 Å². The third kappa shape index (κ3) is 9.18. The Bertz CT molecular complexity index is 922. The molecule has 2 saturated heterocycles. The van der Waals surface area contributed by atoms with Gasteiger partial charge in [-0.15, -0.1) is 0 Å². The lowest BCUT2D eigenvalue weighted by Crippen LogP contribution is -2.70. The molecule has 2 heterocycles. The first-order chi connectivity index (χ1) is 20.7. The normalized spacial score (nSPS) is 19.3. The molecule has 0 atom stereocenters. The molecule has 0 aliphatic carbocycles. The predicted octanol–water partition coefficient (Wildman–Crippen LogP) is 8.42. The summed E-state index contributed by atoms with van der Waals surface area (Å²) in [7, 11) is -3.25. The summed E-state index contributed by atoms with van der Waals surface area (Å²) in [4.78, 5) is 0.